The molecule has 0 bridgehead atoms. The van der Waals surface area contributed by atoms with E-state index in [9.17, 15) is 14.4 Å². The van der Waals surface area contributed by atoms with Crippen LogP contribution in [0.3, 0.4) is 0 Å². The van der Waals surface area contributed by atoms with Crippen molar-refractivity contribution in [2.75, 3.05) is 32.0 Å². The number of amides is 3. The normalized spacial score (nSPS) is 11.6. The third kappa shape index (κ3) is 9.06. The fraction of sp³-hybridized carbons (Fsp3) is 0.135. The number of carbonyl (C=O) groups is 3. The number of thioether (sulfide) groups is 1. The van der Waals surface area contributed by atoms with Crippen LogP contribution in [-0.4, -0.2) is 44.0 Å². The number of hydrogen-bond donors (Lipinski definition) is 3. The lowest BCUT2D eigenvalue weighted by atomic mass is 10.1. The van der Waals surface area contributed by atoms with Gasteiger partial charge in [-0.2, -0.15) is 0 Å². The summed E-state index contributed by atoms with van der Waals surface area (Å²) in [5.74, 6) is -0.107. The third-order valence-electron chi connectivity index (χ3n) is 7.06. The van der Waals surface area contributed by atoms with Gasteiger partial charge in [-0.05, 0) is 66.6 Å². The first-order valence-corrected chi connectivity index (χ1v) is 16.8. The summed E-state index contributed by atoms with van der Waals surface area (Å²) in [6.07, 6.45) is 1.52. The van der Waals surface area contributed by atoms with Crippen molar-refractivity contribution < 1.29 is 28.6 Å². The number of benzene rings is 4. The third-order valence-corrected chi connectivity index (χ3v) is 9.19. The molecule has 3 amide bonds. The van der Waals surface area contributed by atoms with Crippen molar-refractivity contribution in [3.05, 3.63) is 131 Å². The highest BCUT2D eigenvalue weighted by molar-refractivity contribution is 8.00. The minimum absolute atomic E-state index is 0.0264. The van der Waals surface area contributed by atoms with Crippen LogP contribution in [0.1, 0.15) is 32.4 Å². The van der Waals surface area contributed by atoms with Crippen LogP contribution in [0.25, 0.3) is 6.08 Å². The minimum Gasteiger partial charge on any atom is -0.493 e. The van der Waals surface area contributed by atoms with Crippen LogP contribution < -0.4 is 30.2 Å². The molecule has 0 spiro atoms. The zero-order valence-electron chi connectivity index (χ0n) is 27.2. The van der Waals surface area contributed by atoms with Gasteiger partial charge in [-0.25, -0.2) is 4.98 Å². The molecule has 1 atom stereocenters. The molecule has 0 saturated heterocycles. The number of hydrogen-bond acceptors (Lipinski definition) is 9. The van der Waals surface area contributed by atoms with Crippen molar-refractivity contribution in [3.8, 4) is 17.2 Å². The predicted octanol–water partition coefficient (Wildman–Crippen LogP) is 7.36. The van der Waals surface area contributed by atoms with Gasteiger partial charge in [0.05, 0.1) is 27.0 Å². The quantitative estimate of drug-likeness (QED) is 0.0862. The summed E-state index contributed by atoms with van der Waals surface area (Å²) in [6, 6.07) is 28.5. The molecule has 12 heteroatoms. The van der Waals surface area contributed by atoms with Crippen LogP contribution in [0.4, 0.5) is 10.8 Å². The number of anilines is 2. The van der Waals surface area contributed by atoms with Crippen molar-refractivity contribution >= 4 is 57.7 Å². The summed E-state index contributed by atoms with van der Waals surface area (Å²) in [4.78, 5) is 45.6. The molecule has 0 radical (unpaired) electrons. The van der Waals surface area contributed by atoms with Gasteiger partial charge in [0.15, 0.2) is 16.6 Å². The highest BCUT2D eigenvalue weighted by atomic mass is 32.2. The second-order valence-corrected chi connectivity index (χ2v) is 12.5. The van der Waals surface area contributed by atoms with Gasteiger partial charge in [-0.15, -0.1) is 23.1 Å². The summed E-state index contributed by atoms with van der Waals surface area (Å²) in [5, 5.41) is 10.4. The number of thiazole rings is 1. The molecule has 5 aromatic rings. The summed E-state index contributed by atoms with van der Waals surface area (Å²) >= 11 is 2.70. The Labute approximate surface area is 292 Å². The molecular weight excluding hydrogens is 661 g/mol. The second-order valence-electron chi connectivity index (χ2n) is 10.5. The Bertz CT molecular complexity index is 1940. The molecule has 3 N–H and O–H groups in total. The van der Waals surface area contributed by atoms with Crippen LogP contribution in [0.5, 0.6) is 17.2 Å². The van der Waals surface area contributed by atoms with E-state index in [4.69, 9.17) is 14.2 Å². The van der Waals surface area contributed by atoms with Gasteiger partial charge >= 0.3 is 0 Å². The summed E-state index contributed by atoms with van der Waals surface area (Å²) in [5.41, 5.74) is 2.97. The summed E-state index contributed by atoms with van der Waals surface area (Å²) in [7, 11) is 4.48. The molecule has 49 heavy (non-hydrogen) atoms. The van der Waals surface area contributed by atoms with Gasteiger partial charge in [0.2, 0.25) is 11.7 Å². The van der Waals surface area contributed by atoms with Crippen molar-refractivity contribution in [1.82, 2.24) is 10.3 Å². The fourth-order valence-electron chi connectivity index (χ4n) is 4.76. The molecule has 250 valence electrons. The van der Waals surface area contributed by atoms with E-state index in [1.165, 1.54) is 50.5 Å². The number of aromatic nitrogens is 1. The Balaban J connectivity index is 1.43. The Morgan fingerprint density at radius 2 is 1.49 bits per heavy atom. The number of carbonyl (C=O) groups excluding carboxylic acids is 3. The molecule has 0 aliphatic carbocycles. The summed E-state index contributed by atoms with van der Waals surface area (Å²) < 4.78 is 16.4. The summed E-state index contributed by atoms with van der Waals surface area (Å²) in [6.45, 7) is 1.87. The maximum atomic E-state index is 13.8. The molecule has 1 unspecified atom stereocenters. The van der Waals surface area contributed by atoms with Crippen LogP contribution in [0.2, 0.25) is 0 Å². The molecule has 0 fully saturated rings. The SMILES string of the molecule is COc1cc(/C=C(/NC(=O)c2ccccc2)C(=O)Nc2cccc(SC(C(=O)Nc3nc(C)cs3)c3ccccc3)c2)cc(OC)c1OC. The smallest absolute Gasteiger partial charge is 0.272 e. The first-order chi connectivity index (χ1) is 23.8. The number of nitrogens with zero attached hydrogens (tertiary/aromatic N) is 1. The fourth-order valence-corrected chi connectivity index (χ4v) is 6.53. The number of rotatable bonds is 13. The highest BCUT2D eigenvalue weighted by Gasteiger charge is 2.24. The number of methoxy groups -OCH3 is 3. The van der Waals surface area contributed by atoms with E-state index in [-0.39, 0.29) is 11.6 Å². The largest absolute Gasteiger partial charge is 0.493 e. The first-order valence-electron chi connectivity index (χ1n) is 15.0. The minimum atomic E-state index is -0.600. The molecule has 5 rings (SSSR count). The molecule has 0 aliphatic heterocycles. The Morgan fingerprint density at radius 3 is 2.10 bits per heavy atom. The van der Waals surface area contributed by atoms with E-state index in [1.807, 2.05) is 48.7 Å². The monoisotopic (exact) mass is 694 g/mol. The van der Waals surface area contributed by atoms with Gasteiger partial charge < -0.3 is 30.2 Å². The maximum Gasteiger partial charge on any atom is 0.272 e. The standard InChI is InChI=1S/C37H34N4O6S2/c1-23-22-48-37(38-23)41-36(44)33(25-12-7-5-8-13-25)49-28-17-11-16-27(21-28)39-35(43)29(40-34(42)26-14-9-6-10-15-26)18-24-19-30(45-2)32(47-4)31(20-24)46-3/h5-22,33H,1-4H3,(H,39,43)(H,40,42)(H,38,41,44)/b29-18+. The predicted molar refractivity (Wildman–Crippen MR) is 194 cm³/mol. The molecule has 1 aromatic heterocycles. The van der Waals surface area contributed by atoms with Crippen molar-refractivity contribution in [3.63, 3.8) is 0 Å². The maximum absolute atomic E-state index is 13.8. The van der Waals surface area contributed by atoms with E-state index in [0.29, 0.717) is 39.2 Å². The van der Waals surface area contributed by atoms with E-state index in [2.05, 4.69) is 20.9 Å². The first kappa shape index (κ1) is 34.7. The van der Waals surface area contributed by atoms with Gasteiger partial charge in [0, 0.05) is 21.5 Å². The lowest BCUT2D eigenvalue weighted by molar-refractivity contribution is -0.116. The topological polar surface area (TPSA) is 128 Å². The van der Waals surface area contributed by atoms with Gasteiger partial charge in [-0.3, -0.25) is 14.4 Å². The lowest BCUT2D eigenvalue weighted by Crippen LogP contribution is -2.30. The van der Waals surface area contributed by atoms with Crippen molar-refractivity contribution in [1.29, 1.82) is 0 Å². The van der Waals surface area contributed by atoms with Crippen molar-refractivity contribution in [2.45, 2.75) is 17.1 Å². The van der Waals surface area contributed by atoms with E-state index in [1.54, 1.807) is 60.7 Å². The molecule has 0 aliphatic rings. The van der Waals surface area contributed by atoms with Crippen LogP contribution in [-0.2, 0) is 9.59 Å². The van der Waals surface area contributed by atoms with Gasteiger partial charge in [-0.1, -0.05) is 54.6 Å². The molecule has 4 aromatic carbocycles. The van der Waals surface area contributed by atoms with E-state index >= 15 is 0 Å². The lowest BCUT2D eigenvalue weighted by Gasteiger charge is -2.17. The number of aryl methyl sites for hydroxylation is 1. The van der Waals surface area contributed by atoms with Crippen molar-refractivity contribution in [2.24, 2.45) is 0 Å². The molecular formula is C37H34N4O6S2. The highest BCUT2D eigenvalue weighted by Crippen LogP contribution is 2.39. The van der Waals surface area contributed by atoms with Crippen LogP contribution in [0.15, 0.2) is 113 Å². The zero-order chi connectivity index (χ0) is 34.8. The second kappa shape index (κ2) is 16.5. The van der Waals surface area contributed by atoms with Gasteiger partial charge in [0.25, 0.3) is 11.8 Å². The van der Waals surface area contributed by atoms with Gasteiger partial charge in [0.1, 0.15) is 10.9 Å². The average molecular weight is 695 g/mol. The Morgan fingerprint density at radius 1 is 0.816 bits per heavy atom. The average Bonchev–Trinajstić information content (AvgIpc) is 3.54. The molecule has 1 heterocycles. The zero-order valence-corrected chi connectivity index (χ0v) is 28.8. The molecule has 10 nitrogen and oxygen atoms in total. The Hall–Kier alpha value is -5.59. The van der Waals surface area contributed by atoms with E-state index in [0.717, 1.165) is 16.2 Å². The molecule has 0 saturated carbocycles. The number of nitrogens with one attached hydrogen (secondary N) is 3. The Kier molecular flexibility index (Phi) is 11.7. The van der Waals surface area contributed by atoms with Crippen LogP contribution in [0, 0.1) is 6.92 Å². The van der Waals surface area contributed by atoms with E-state index < -0.39 is 17.1 Å². The van der Waals surface area contributed by atoms with Crippen LogP contribution >= 0.6 is 23.1 Å². The number of ether oxygens (including phenoxy) is 3.